The molecule has 3 nitrogen and oxygen atoms in total. The van der Waals surface area contributed by atoms with Gasteiger partial charge in [-0.25, -0.2) is 0 Å². The molecule has 4 atom stereocenters. The zero-order chi connectivity index (χ0) is 14.9. The van der Waals surface area contributed by atoms with Gasteiger partial charge in [0.2, 0.25) is 0 Å². The predicted octanol–water partition coefficient (Wildman–Crippen LogP) is 3.17. The third kappa shape index (κ3) is 1.37. The third-order valence-corrected chi connectivity index (χ3v) is 6.84. The van der Waals surface area contributed by atoms with E-state index in [1.807, 2.05) is 0 Å². The van der Waals surface area contributed by atoms with Crippen molar-refractivity contribution in [3.63, 3.8) is 0 Å². The molecule has 3 fully saturated rings. The van der Waals surface area contributed by atoms with E-state index in [9.17, 15) is 0 Å². The molecule has 1 aromatic carbocycles. The highest BCUT2D eigenvalue weighted by molar-refractivity contribution is 5.71. The van der Waals surface area contributed by atoms with Crippen molar-refractivity contribution < 1.29 is 4.74 Å². The van der Waals surface area contributed by atoms with Gasteiger partial charge in [-0.15, -0.1) is 0 Å². The van der Waals surface area contributed by atoms with Crippen LogP contribution < -0.4 is 10.1 Å². The van der Waals surface area contributed by atoms with Crippen molar-refractivity contribution in [2.24, 2.45) is 5.92 Å². The topological polar surface area (TPSA) is 24.5 Å². The molecule has 1 aromatic rings. The lowest BCUT2D eigenvalue weighted by atomic mass is 9.60. The Labute approximate surface area is 132 Å². The van der Waals surface area contributed by atoms with Crippen LogP contribution in [0.25, 0.3) is 0 Å². The van der Waals surface area contributed by atoms with Gasteiger partial charge in [0.15, 0.2) is 0 Å². The number of benzene rings is 1. The number of nitrogens with one attached hydrogen (secondary N) is 1. The molecule has 3 aliphatic heterocycles. The molecule has 3 heteroatoms. The van der Waals surface area contributed by atoms with Gasteiger partial charge < -0.3 is 10.1 Å². The summed E-state index contributed by atoms with van der Waals surface area (Å²) in [6.45, 7) is 4.65. The Hall–Kier alpha value is -1.48. The van der Waals surface area contributed by atoms with Crippen molar-refractivity contribution in [3.8, 4) is 5.75 Å². The van der Waals surface area contributed by atoms with Crippen molar-refractivity contribution in [2.75, 3.05) is 25.5 Å². The monoisotopic (exact) mass is 296 g/mol. The Morgan fingerprint density at radius 1 is 1.36 bits per heavy atom. The molecule has 116 valence electrons. The Bertz CT molecular complexity index is 667. The Morgan fingerprint density at radius 3 is 3.09 bits per heavy atom. The average molecular weight is 296 g/mol. The van der Waals surface area contributed by atoms with Gasteiger partial charge in [0, 0.05) is 24.0 Å². The molecule has 5 rings (SSSR count). The lowest BCUT2D eigenvalue weighted by Gasteiger charge is -2.51. The zero-order valence-electron chi connectivity index (χ0n) is 13.4. The smallest absolute Gasteiger partial charge is 0.142 e. The SMILES string of the molecule is CC=C1CN2CCC34c5cccc(OC)c5NC3CC1CC24. The molecule has 1 saturated carbocycles. The summed E-state index contributed by atoms with van der Waals surface area (Å²) in [4.78, 5) is 2.74. The summed E-state index contributed by atoms with van der Waals surface area (Å²) in [5, 5.41) is 3.87. The van der Waals surface area contributed by atoms with Crippen molar-refractivity contribution >= 4 is 5.69 Å². The first-order valence-corrected chi connectivity index (χ1v) is 8.61. The number of piperidine rings is 1. The minimum Gasteiger partial charge on any atom is -0.495 e. The van der Waals surface area contributed by atoms with Crippen LogP contribution in [0.2, 0.25) is 0 Å². The number of hydrogen-bond donors (Lipinski definition) is 1. The fourth-order valence-electron chi connectivity index (χ4n) is 5.89. The summed E-state index contributed by atoms with van der Waals surface area (Å²) < 4.78 is 5.63. The molecule has 4 unspecified atom stereocenters. The number of fused-ring (bicyclic) bond motifs is 2. The summed E-state index contributed by atoms with van der Waals surface area (Å²) in [7, 11) is 1.79. The molecule has 2 saturated heterocycles. The normalized spacial score (nSPS) is 40.3. The summed E-state index contributed by atoms with van der Waals surface area (Å²) in [6.07, 6.45) is 6.28. The summed E-state index contributed by atoms with van der Waals surface area (Å²) in [5.41, 5.74) is 4.77. The van der Waals surface area contributed by atoms with E-state index in [4.69, 9.17) is 4.74 Å². The van der Waals surface area contributed by atoms with Crippen LogP contribution in [0.15, 0.2) is 29.8 Å². The summed E-state index contributed by atoms with van der Waals surface area (Å²) in [5.74, 6) is 1.79. The molecule has 0 radical (unpaired) electrons. The van der Waals surface area contributed by atoms with Gasteiger partial charge in [-0.3, -0.25) is 4.90 Å². The van der Waals surface area contributed by atoms with Crippen LogP contribution >= 0.6 is 0 Å². The Balaban J connectivity index is 1.67. The van der Waals surface area contributed by atoms with Crippen LogP contribution in [-0.2, 0) is 5.41 Å². The van der Waals surface area contributed by atoms with E-state index in [2.05, 4.69) is 41.4 Å². The molecule has 3 heterocycles. The lowest BCUT2D eigenvalue weighted by Crippen LogP contribution is -2.57. The van der Waals surface area contributed by atoms with E-state index in [1.54, 1.807) is 12.7 Å². The molecule has 1 aliphatic carbocycles. The van der Waals surface area contributed by atoms with Gasteiger partial charge in [0.1, 0.15) is 5.75 Å². The number of anilines is 1. The summed E-state index contributed by atoms with van der Waals surface area (Å²) >= 11 is 0. The molecule has 0 aromatic heterocycles. The standard InChI is InChI=1S/C19H24N2O/c1-3-12-11-21-8-7-19-14-5-4-6-15(22-2)18(14)20-16(19)9-13(12)10-17(19)21/h3-6,13,16-17,20H,7-11H2,1-2H3. The van der Waals surface area contributed by atoms with Crippen molar-refractivity contribution in [2.45, 2.75) is 43.7 Å². The van der Waals surface area contributed by atoms with E-state index >= 15 is 0 Å². The van der Waals surface area contributed by atoms with Crippen LogP contribution in [0, 0.1) is 5.92 Å². The number of para-hydroxylation sites is 1. The van der Waals surface area contributed by atoms with Crippen LogP contribution in [0.3, 0.4) is 0 Å². The minimum atomic E-state index is 0.319. The van der Waals surface area contributed by atoms with Crippen LogP contribution in [0.4, 0.5) is 5.69 Å². The number of rotatable bonds is 1. The molecule has 22 heavy (non-hydrogen) atoms. The van der Waals surface area contributed by atoms with Crippen LogP contribution in [-0.4, -0.2) is 37.2 Å². The number of allylic oxidation sites excluding steroid dienone is 1. The summed E-state index contributed by atoms with van der Waals surface area (Å²) in [6, 6.07) is 7.89. The first-order chi connectivity index (χ1) is 10.8. The second kappa shape index (κ2) is 4.29. The molecule has 1 spiro atoms. The number of ether oxygens (including phenoxy) is 1. The van der Waals surface area contributed by atoms with Gasteiger partial charge in [-0.1, -0.05) is 23.8 Å². The predicted molar refractivity (Wildman–Crippen MR) is 88.5 cm³/mol. The Kier molecular flexibility index (Phi) is 2.53. The third-order valence-electron chi connectivity index (χ3n) is 6.84. The molecule has 0 amide bonds. The molecule has 1 N–H and O–H groups in total. The number of nitrogens with zero attached hydrogens (tertiary/aromatic N) is 1. The molecule has 2 bridgehead atoms. The second-order valence-electron chi connectivity index (χ2n) is 7.39. The van der Waals surface area contributed by atoms with Crippen LogP contribution in [0.5, 0.6) is 5.75 Å². The molecule has 4 aliphatic rings. The fraction of sp³-hybridized carbons (Fsp3) is 0.579. The van der Waals surface area contributed by atoms with E-state index in [-0.39, 0.29) is 0 Å². The van der Waals surface area contributed by atoms with E-state index in [0.717, 1.165) is 11.7 Å². The highest BCUT2D eigenvalue weighted by Crippen LogP contribution is 2.60. The first kappa shape index (κ1) is 13.0. The molecular formula is C19H24N2O. The van der Waals surface area contributed by atoms with Gasteiger partial charge in [0.05, 0.1) is 12.8 Å². The van der Waals surface area contributed by atoms with E-state index < -0.39 is 0 Å². The fourth-order valence-corrected chi connectivity index (χ4v) is 5.89. The highest BCUT2D eigenvalue weighted by atomic mass is 16.5. The van der Waals surface area contributed by atoms with Crippen molar-refractivity contribution in [3.05, 3.63) is 35.4 Å². The maximum absolute atomic E-state index is 5.63. The number of hydrogen-bond acceptors (Lipinski definition) is 3. The van der Waals surface area contributed by atoms with Crippen molar-refractivity contribution in [1.29, 1.82) is 0 Å². The second-order valence-corrected chi connectivity index (χ2v) is 7.39. The van der Waals surface area contributed by atoms with Gasteiger partial charge in [-0.05, 0) is 50.3 Å². The first-order valence-electron chi connectivity index (χ1n) is 8.61. The number of methoxy groups -OCH3 is 1. The average Bonchev–Trinajstić information content (AvgIpc) is 3.10. The van der Waals surface area contributed by atoms with E-state index in [1.165, 1.54) is 43.6 Å². The maximum Gasteiger partial charge on any atom is 0.142 e. The largest absolute Gasteiger partial charge is 0.495 e. The van der Waals surface area contributed by atoms with E-state index in [0.29, 0.717) is 17.5 Å². The van der Waals surface area contributed by atoms with Crippen LogP contribution in [0.1, 0.15) is 31.7 Å². The quantitative estimate of drug-likeness (QED) is 0.806. The van der Waals surface area contributed by atoms with Gasteiger partial charge in [0.25, 0.3) is 0 Å². The minimum absolute atomic E-state index is 0.319. The van der Waals surface area contributed by atoms with Gasteiger partial charge >= 0.3 is 0 Å². The van der Waals surface area contributed by atoms with Gasteiger partial charge in [-0.2, -0.15) is 0 Å². The van der Waals surface area contributed by atoms with Crippen molar-refractivity contribution in [1.82, 2.24) is 4.90 Å². The zero-order valence-corrected chi connectivity index (χ0v) is 13.4. The lowest BCUT2D eigenvalue weighted by molar-refractivity contribution is 0.101. The Morgan fingerprint density at radius 2 is 2.27 bits per heavy atom. The molecular weight excluding hydrogens is 272 g/mol. The maximum atomic E-state index is 5.63. The highest BCUT2D eigenvalue weighted by Gasteiger charge is 2.62.